The zero-order valence-corrected chi connectivity index (χ0v) is 9.14. The van der Waals surface area contributed by atoms with Crippen molar-refractivity contribution in [3.63, 3.8) is 0 Å². The first-order valence-electron chi connectivity index (χ1n) is 4.92. The van der Waals surface area contributed by atoms with E-state index in [2.05, 4.69) is 9.88 Å². The Morgan fingerprint density at radius 1 is 1.64 bits per heavy atom. The third-order valence-corrected chi connectivity index (χ3v) is 2.26. The van der Waals surface area contributed by atoms with Crippen molar-refractivity contribution in [3.05, 3.63) is 18.2 Å². The first kappa shape index (κ1) is 11.2. The summed E-state index contributed by atoms with van der Waals surface area (Å²) >= 11 is 0. The van der Waals surface area contributed by atoms with Crippen LogP contribution in [0.2, 0.25) is 0 Å². The number of aliphatic hydroxyl groups excluding tert-OH is 1. The van der Waals surface area contributed by atoms with Gasteiger partial charge in [-0.05, 0) is 20.4 Å². The molecule has 0 amide bonds. The van der Waals surface area contributed by atoms with Crippen molar-refractivity contribution in [2.24, 2.45) is 7.05 Å². The van der Waals surface area contributed by atoms with Crippen molar-refractivity contribution in [2.45, 2.75) is 26.0 Å². The van der Waals surface area contributed by atoms with E-state index in [9.17, 15) is 0 Å². The van der Waals surface area contributed by atoms with Crippen LogP contribution in [-0.4, -0.2) is 39.3 Å². The van der Waals surface area contributed by atoms with Crippen molar-refractivity contribution in [1.29, 1.82) is 0 Å². The number of nitrogens with zero attached hydrogens (tertiary/aromatic N) is 3. The molecule has 4 nitrogen and oxygen atoms in total. The maximum atomic E-state index is 9.13. The molecule has 1 N–H and O–H groups in total. The van der Waals surface area contributed by atoms with E-state index >= 15 is 0 Å². The Hall–Kier alpha value is -0.870. The maximum Gasteiger partial charge on any atom is 0.122 e. The molecule has 14 heavy (non-hydrogen) atoms. The Balaban J connectivity index is 2.34. The predicted octanol–water partition coefficient (Wildman–Crippen LogP) is 0.623. The molecule has 0 fully saturated rings. The van der Waals surface area contributed by atoms with Gasteiger partial charge in [-0.25, -0.2) is 4.98 Å². The zero-order chi connectivity index (χ0) is 10.6. The molecule has 0 aliphatic carbocycles. The highest BCUT2D eigenvalue weighted by Gasteiger charge is 2.05. The van der Waals surface area contributed by atoms with Crippen LogP contribution in [0.15, 0.2) is 12.4 Å². The number of imidazole rings is 1. The Kier molecular flexibility index (Phi) is 4.10. The fraction of sp³-hybridized carbons (Fsp3) is 0.700. The highest BCUT2D eigenvalue weighted by molar-refractivity contribution is 4.90. The molecular formula is C10H19N3O. The summed E-state index contributed by atoms with van der Waals surface area (Å²) < 4.78 is 2.01. The van der Waals surface area contributed by atoms with Gasteiger partial charge in [-0.15, -0.1) is 0 Å². The lowest BCUT2D eigenvalue weighted by atomic mass is 10.3. The second-order valence-electron chi connectivity index (χ2n) is 3.83. The number of rotatable bonds is 5. The summed E-state index contributed by atoms with van der Waals surface area (Å²) in [5.41, 5.74) is 0. The number of aliphatic hydroxyl groups is 1. The summed E-state index contributed by atoms with van der Waals surface area (Å²) in [4.78, 5) is 6.40. The highest BCUT2D eigenvalue weighted by atomic mass is 16.3. The van der Waals surface area contributed by atoms with Gasteiger partial charge in [0.25, 0.3) is 0 Å². The number of hydrogen-bond acceptors (Lipinski definition) is 3. The van der Waals surface area contributed by atoms with Gasteiger partial charge in [-0.2, -0.15) is 0 Å². The van der Waals surface area contributed by atoms with Crippen LogP contribution in [0, 0.1) is 0 Å². The van der Waals surface area contributed by atoms with Gasteiger partial charge in [0.05, 0.1) is 12.6 Å². The summed E-state index contributed by atoms with van der Waals surface area (Å²) in [5, 5.41) is 9.13. The van der Waals surface area contributed by atoms with Gasteiger partial charge in [0.2, 0.25) is 0 Å². The van der Waals surface area contributed by atoms with Crippen LogP contribution < -0.4 is 0 Å². The molecule has 80 valence electrons. The van der Waals surface area contributed by atoms with E-state index in [0.29, 0.717) is 0 Å². The van der Waals surface area contributed by atoms with Crippen molar-refractivity contribution in [2.75, 3.05) is 13.6 Å². The summed E-state index contributed by atoms with van der Waals surface area (Å²) in [5.74, 6) is 1.05. The van der Waals surface area contributed by atoms with Gasteiger partial charge in [0.1, 0.15) is 5.82 Å². The van der Waals surface area contributed by atoms with Gasteiger partial charge < -0.3 is 9.67 Å². The maximum absolute atomic E-state index is 9.13. The fourth-order valence-electron chi connectivity index (χ4n) is 1.28. The van der Waals surface area contributed by atoms with Crippen LogP contribution in [-0.2, 0) is 13.6 Å². The summed E-state index contributed by atoms with van der Waals surface area (Å²) in [6.07, 6.45) is 4.33. The molecule has 0 radical (unpaired) electrons. The number of aromatic nitrogens is 2. The highest BCUT2D eigenvalue weighted by Crippen LogP contribution is 2.01. The number of aryl methyl sites for hydroxylation is 1. The monoisotopic (exact) mass is 197 g/mol. The first-order valence-corrected chi connectivity index (χ1v) is 4.92. The molecule has 0 bridgehead atoms. The molecule has 1 rings (SSSR count). The molecule has 1 atom stereocenters. The Bertz CT molecular complexity index is 270. The third kappa shape index (κ3) is 3.47. The minimum atomic E-state index is -0.223. The molecule has 0 aromatic carbocycles. The Morgan fingerprint density at radius 2 is 2.36 bits per heavy atom. The molecular weight excluding hydrogens is 178 g/mol. The van der Waals surface area contributed by atoms with Crippen LogP contribution in [0.4, 0.5) is 0 Å². The van der Waals surface area contributed by atoms with Crippen molar-refractivity contribution >= 4 is 0 Å². The van der Waals surface area contributed by atoms with Crippen LogP contribution in [0.25, 0.3) is 0 Å². The molecule has 1 aromatic heterocycles. The lowest BCUT2D eigenvalue weighted by Crippen LogP contribution is -2.23. The quantitative estimate of drug-likeness (QED) is 0.752. The predicted molar refractivity (Wildman–Crippen MR) is 55.8 cm³/mol. The molecule has 1 aromatic rings. The molecule has 1 heterocycles. The van der Waals surface area contributed by atoms with E-state index in [1.165, 1.54) is 0 Å². The molecule has 0 aliphatic rings. The first-order chi connectivity index (χ1) is 6.59. The lowest BCUT2D eigenvalue weighted by molar-refractivity contribution is 0.162. The average Bonchev–Trinajstić information content (AvgIpc) is 2.49. The number of hydrogen-bond donors (Lipinski definition) is 1. The molecule has 4 heteroatoms. The van der Waals surface area contributed by atoms with Crippen LogP contribution in [0.3, 0.4) is 0 Å². The van der Waals surface area contributed by atoms with Gasteiger partial charge in [-0.3, -0.25) is 4.90 Å². The topological polar surface area (TPSA) is 41.3 Å². The minimum Gasteiger partial charge on any atom is -0.393 e. The summed E-state index contributed by atoms with van der Waals surface area (Å²) in [7, 11) is 4.03. The zero-order valence-electron chi connectivity index (χ0n) is 9.14. The third-order valence-electron chi connectivity index (χ3n) is 2.26. The Labute approximate surface area is 85.2 Å². The van der Waals surface area contributed by atoms with Gasteiger partial charge in [0, 0.05) is 26.0 Å². The smallest absolute Gasteiger partial charge is 0.122 e. The van der Waals surface area contributed by atoms with Crippen molar-refractivity contribution in [3.8, 4) is 0 Å². The van der Waals surface area contributed by atoms with Crippen LogP contribution >= 0.6 is 0 Å². The SMILES string of the molecule is CC(O)CCN(C)Cc1nccn1C. The molecule has 1 unspecified atom stereocenters. The fourth-order valence-corrected chi connectivity index (χ4v) is 1.28. The van der Waals surface area contributed by atoms with Crippen molar-refractivity contribution in [1.82, 2.24) is 14.5 Å². The largest absolute Gasteiger partial charge is 0.393 e. The standard InChI is InChI=1S/C10H19N3O/c1-9(14)4-6-12(2)8-10-11-5-7-13(10)3/h5,7,9,14H,4,6,8H2,1-3H3. The minimum absolute atomic E-state index is 0.223. The Morgan fingerprint density at radius 3 is 2.86 bits per heavy atom. The average molecular weight is 197 g/mol. The van der Waals surface area contributed by atoms with E-state index in [-0.39, 0.29) is 6.10 Å². The second-order valence-corrected chi connectivity index (χ2v) is 3.83. The van der Waals surface area contributed by atoms with E-state index in [0.717, 1.165) is 25.3 Å². The lowest BCUT2D eigenvalue weighted by Gasteiger charge is -2.16. The molecule has 0 saturated carbocycles. The normalized spacial score (nSPS) is 13.5. The van der Waals surface area contributed by atoms with Gasteiger partial charge in [-0.1, -0.05) is 0 Å². The summed E-state index contributed by atoms with van der Waals surface area (Å²) in [6.45, 7) is 3.54. The van der Waals surface area contributed by atoms with Gasteiger partial charge >= 0.3 is 0 Å². The van der Waals surface area contributed by atoms with E-state index in [1.807, 2.05) is 31.8 Å². The molecule has 0 aliphatic heterocycles. The molecule has 0 saturated heterocycles. The second kappa shape index (κ2) is 5.12. The summed E-state index contributed by atoms with van der Waals surface area (Å²) in [6, 6.07) is 0. The van der Waals surface area contributed by atoms with E-state index < -0.39 is 0 Å². The van der Waals surface area contributed by atoms with Crippen molar-refractivity contribution < 1.29 is 5.11 Å². The van der Waals surface area contributed by atoms with E-state index in [1.54, 1.807) is 6.20 Å². The van der Waals surface area contributed by atoms with Crippen LogP contribution in [0.5, 0.6) is 0 Å². The van der Waals surface area contributed by atoms with Crippen LogP contribution in [0.1, 0.15) is 19.2 Å². The van der Waals surface area contributed by atoms with E-state index in [4.69, 9.17) is 5.11 Å². The van der Waals surface area contributed by atoms with Gasteiger partial charge in [0.15, 0.2) is 0 Å². The molecule has 0 spiro atoms.